The first kappa shape index (κ1) is 19.7. The molecule has 9 heteroatoms. The number of halogens is 3. The van der Waals surface area contributed by atoms with E-state index in [9.17, 15) is 13.2 Å². The van der Waals surface area contributed by atoms with E-state index in [4.69, 9.17) is 0 Å². The summed E-state index contributed by atoms with van der Waals surface area (Å²) in [5.74, 6) is 0.807. The molecule has 5 nitrogen and oxygen atoms in total. The topological polar surface area (TPSA) is 46.3 Å². The van der Waals surface area contributed by atoms with Gasteiger partial charge in [-0.3, -0.25) is 9.38 Å². The molecule has 2 aliphatic rings. The van der Waals surface area contributed by atoms with Crippen LogP contribution in [-0.4, -0.2) is 32.4 Å². The monoisotopic (exact) mass is 433 g/mol. The minimum atomic E-state index is -4.51. The van der Waals surface area contributed by atoms with E-state index in [1.54, 1.807) is 12.4 Å². The summed E-state index contributed by atoms with van der Waals surface area (Å²) in [4.78, 5) is 15.5. The Bertz CT molecular complexity index is 1050. The fraction of sp³-hybridized carbons (Fsp3) is 0.476. The van der Waals surface area contributed by atoms with Crippen LogP contribution < -0.4 is 4.90 Å². The predicted molar refractivity (Wildman–Crippen MR) is 109 cm³/mol. The summed E-state index contributed by atoms with van der Waals surface area (Å²) in [7, 11) is 0. The summed E-state index contributed by atoms with van der Waals surface area (Å²) in [5.41, 5.74) is 0.235. The molecule has 0 unspecified atom stereocenters. The van der Waals surface area contributed by atoms with Crippen molar-refractivity contribution >= 4 is 23.4 Å². The molecule has 4 heterocycles. The number of aromatic nitrogens is 4. The lowest BCUT2D eigenvalue weighted by Gasteiger charge is -2.39. The molecule has 2 fully saturated rings. The van der Waals surface area contributed by atoms with Crippen LogP contribution in [0.15, 0.2) is 46.7 Å². The maximum atomic E-state index is 13.3. The number of hydrogen-bond acceptors (Lipinski definition) is 5. The van der Waals surface area contributed by atoms with Crippen molar-refractivity contribution in [3.8, 4) is 0 Å². The third-order valence-electron chi connectivity index (χ3n) is 6.40. The predicted octanol–water partition coefficient (Wildman–Crippen LogP) is 5.45. The van der Waals surface area contributed by atoms with Crippen LogP contribution in [0, 0.1) is 5.41 Å². The Morgan fingerprint density at radius 1 is 0.933 bits per heavy atom. The molecule has 0 radical (unpaired) electrons. The highest BCUT2D eigenvalue weighted by Crippen LogP contribution is 2.46. The Labute approximate surface area is 176 Å². The zero-order valence-electron chi connectivity index (χ0n) is 16.4. The summed E-state index contributed by atoms with van der Waals surface area (Å²) in [5, 5.41) is 0. The molecule has 0 bridgehead atoms. The fourth-order valence-corrected chi connectivity index (χ4v) is 5.80. The van der Waals surface area contributed by atoms with Crippen LogP contribution in [0.1, 0.15) is 44.2 Å². The van der Waals surface area contributed by atoms with Crippen molar-refractivity contribution in [2.24, 2.45) is 5.41 Å². The first-order valence-electron chi connectivity index (χ1n) is 10.2. The summed E-state index contributed by atoms with van der Waals surface area (Å²) in [6.45, 7) is 1.90. The van der Waals surface area contributed by atoms with Gasteiger partial charge in [-0.25, -0.2) is 9.97 Å². The SMILES string of the molecule is FC(F)(F)c1ncccc1Sc1cnc(N2CCC3(CCCC3)CC2)n2ccnc12. The zero-order valence-corrected chi connectivity index (χ0v) is 17.2. The average Bonchev–Trinajstić information content (AvgIpc) is 3.39. The van der Waals surface area contributed by atoms with Gasteiger partial charge in [-0.15, -0.1) is 0 Å². The molecule has 0 amide bonds. The molecule has 0 aromatic carbocycles. The smallest absolute Gasteiger partial charge is 0.342 e. The third kappa shape index (κ3) is 3.53. The lowest BCUT2D eigenvalue weighted by atomic mass is 9.77. The molecule has 0 N–H and O–H groups in total. The van der Waals surface area contributed by atoms with E-state index in [0.29, 0.717) is 16.0 Å². The fourth-order valence-electron chi connectivity index (χ4n) is 4.80. The van der Waals surface area contributed by atoms with Crippen molar-refractivity contribution in [2.75, 3.05) is 18.0 Å². The number of imidazole rings is 1. The van der Waals surface area contributed by atoms with E-state index in [-0.39, 0.29) is 4.90 Å². The molecule has 3 aromatic rings. The van der Waals surface area contributed by atoms with E-state index in [2.05, 4.69) is 19.9 Å². The van der Waals surface area contributed by atoms with Gasteiger partial charge in [0, 0.05) is 42.8 Å². The van der Waals surface area contributed by atoms with Gasteiger partial charge in [0.2, 0.25) is 5.95 Å². The molecule has 0 atom stereocenters. The first-order chi connectivity index (χ1) is 14.5. The van der Waals surface area contributed by atoms with E-state index < -0.39 is 11.9 Å². The van der Waals surface area contributed by atoms with Crippen LogP contribution >= 0.6 is 11.8 Å². The molecular weight excluding hydrogens is 411 g/mol. The number of anilines is 1. The van der Waals surface area contributed by atoms with Gasteiger partial charge >= 0.3 is 6.18 Å². The first-order valence-corrected chi connectivity index (χ1v) is 11.0. The number of nitrogens with zero attached hydrogens (tertiary/aromatic N) is 5. The second-order valence-electron chi connectivity index (χ2n) is 8.19. The van der Waals surface area contributed by atoms with Crippen LogP contribution in [0.3, 0.4) is 0 Å². The van der Waals surface area contributed by atoms with Crippen molar-refractivity contribution < 1.29 is 13.2 Å². The van der Waals surface area contributed by atoms with Gasteiger partial charge in [0.25, 0.3) is 0 Å². The molecule has 1 spiro atoms. The second kappa shape index (κ2) is 7.44. The summed E-state index contributed by atoms with van der Waals surface area (Å²) < 4.78 is 41.8. The summed E-state index contributed by atoms with van der Waals surface area (Å²) in [6.07, 6.45) is 9.46. The van der Waals surface area contributed by atoms with Crippen LogP contribution in [0.25, 0.3) is 5.65 Å². The van der Waals surface area contributed by atoms with Crippen LogP contribution in [0.5, 0.6) is 0 Å². The van der Waals surface area contributed by atoms with Crippen LogP contribution in [-0.2, 0) is 6.18 Å². The normalized spacial score (nSPS) is 19.1. The third-order valence-corrected chi connectivity index (χ3v) is 7.46. The van der Waals surface area contributed by atoms with Crippen LogP contribution in [0.2, 0.25) is 0 Å². The molecule has 1 saturated carbocycles. The van der Waals surface area contributed by atoms with Crippen molar-refractivity contribution in [3.63, 3.8) is 0 Å². The van der Waals surface area contributed by atoms with Crippen molar-refractivity contribution in [3.05, 3.63) is 42.6 Å². The average molecular weight is 434 g/mol. The number of piperidine rings is 1. The number of hydrogen-bond donors (Lipinski definition) is 0. The Kier molecular flexibility index (Phi) is 4.88. The highest BCUT2D eigenvalue weighted by atomic mass is 32.2. The number of rotatable bonds is 3. The van der Waals surface area contributed by atoms with Crippen molar-refractivity contribution in [2.45, 2.75) is 54.5 Å². The maximum absolute atomic E-state index is 13.3. The van der Waals surface area contributed by atoms with Crippen molar-refractivity contribution in [1.82, 2.24) is 19.4 Å². The molecule has 1 aliphatic carbocycles. The van der Waals surface area contributed by atoms with E-state index in [0.717, 1.165) is 37.0 Å². The highest BCUT2D eigenvalue weighted by molar-refractivity contribution is 7.99. The summed E-state index contributed by atoms with van der Waals surface area (Å²) in [6, 6.07) is 2.94. The van der Waals surface area contributed by atoms with Gasteiger partial charge in [0.15, 0.2) is 11.3 Å². The van der Waals surface area contributed by atoms with Gasteiger partial charge < -0.3 is 4.90 Å². The zero-order chi connectivity index (χ0) is 20.8. The summed E-state index contributed by atoms with van der Waals surface area (Å²) >= 11 is 0.999. The molecule has 5 rings (SSSR count). The second-order valence-corrected chi connectivity index (χ2v) is 9.27. The minimum absolute atomic E-state index is 0.0468. The van der Waals surface area contributed by atoms with Gasteiger partial charge in [-0.2, -0.15) is 13.2 Å². The van der Waals surface area contributed by atoms with Gasteiger partial charge in [0.1, 0.15) is 0 Å². The highest BCUT2D eigenvalue weighted by Gasteiger charge is 2.38. The largest absolute Gasteiger partial charge is 0.434 e. The minimum Gasteiger partial charge on any atom is -0.342 e. The molecule has 1 saturated heterocycles. The molecule has 1 aliphatic heterocycles. The quantitative estimate of drug-likeness (QED) is 0.549. The lowest BCUT2D eigenvalue weighted by Crippen LogP contribution is -2.40. The van der Waals surface area contributed by atoms with Crippen LogP contribution in [0.4, 0.5) is 19.1 Å². The Hall–Kier alpha value is -2.29. The molecule has 158 valence electrons. The van der Waals surface area contributed by atoms with Crippen molar-refractivity contribution in [1.29, 1.82) is 0 Å². The molecule has 3 aromatic heterocycles. The van der Waals surface area contributed by atoms with E-state index in [1.807, 2.05) is 10.6 Å². The van der Waals surface area contributed by atoms with Gasteiger partial charge in [-0.1, -0.05) is 24.6 Å². The standard InChI is InChI=1S/C21H22F3N5S/c22-21(23,24)17-15(4-3-9-25-17)30-16-14-27-19(29-13-10-26-18(16)29)28-11-7-20(8-12-28)5-1-2-6-20/h3-4,9-10,13-14H,1-2,5-8,11-12H2. The number of alkyl halides is 3. The lowest BCUT2D eigenvalue weighted by molar-refractivity contribution is -0.143. The Morgan fingerprint density at radius 2 is 1.70 bits per heavy atom. The maximum Gasteiger partial charge on any atom is 0.434 e. The van der Waals surface area contributed by atoms with E-state index in [1.165, 1.54) is 50.7 Å². The molecular formula is C21H22F3N5S. The molecule has 30 heavy (non-hydrogen) atoms. The Morgan fingerprint density at radius 3 is 2.43 bits per heavy atom. The van der Waals surface area contributed by atoms with E-state index >= 15 is 0 Å². The van der Waals surface area contributed by atoms with Gasteiger partial charge in [0.05, 0.1) is 4.90 Å². The Balaban J connectivity index is 1.43. The van der Waals surface area contributed by atoms with Gasteiger partial charge in [-0.05, 0) is 43.2 Å². The number of pyridine rings is 1. The number of fused-ring (bicyclic) bond motifs is 1.